The Morgan fingerprint density at radius 2 is 1.32 bits per heavy atom. The summed E-state index contributed by atoms with van der Waals surface area (Å²) in [7, 11) is 0. The van der Waals surface area contributed by atoms with E-state index in [9.17, 15) is 25.5 Å². The molecule has 2 rings (SSSR count). The topological polar surface area (TPSA) is 110 Å². The minimum atomic E-state index is -2.16. The molecule has 154 valence electrons. The molecule has 0 aliphatic heterocycles. The fourth-order valence-corrected chi connectivity index (χ4v) is 3.06. The second-order valence-electron chi connectivity index (χ2n) is 7.46. The molecule has 0 heterocycles. The van der Waals surface area contributed by atoms with Gasteiger partial charge in [-0.15, -0.1) is 0 Å². The van der Waals surface area contributed by atoms with Gasteiger partial charge in [-0.25, -0.2) is 0 Å². The normalized spacial score (nSPS) is 19.2. The van der Waals surface area contributed by atoms with Gasteiger partial charge >= 0.3 is 0 Å². The molecular weight excluding hydrogens is 360 g/mol. The van der Waals surface area contributed by atoms with E-state index in [1.807, 2.05) is 60.7 Å². The van der Waals surface area contributed by atoms with Gasteiger partial charge in [0.05, 0.1) is 19.3 Å². The highest BCUT2D eigenvalue weighted by atomic mass is 16.5. The Balaban J connectivity index is 2.25. The summed E-state index contributed by atoms with van der Waals surface area (Å²) in [5, 5.41) is 51.6. The van der Waals surface area contributed by atoms with E-state index in [1.54, 1.807) is 0 Å². The monoisotopic (exact) mass is 390 g/mol. The third kappa shape index (κ3) is 5.17. The Kier molecular flexibility index (Phi) is 7.71. The van der Waals surface area contributed by atoms with Crippen LogP contribution in [0.15, 0.2) is 60.7 Å². The van der Waals surface area contributed by atoms with Crippen molar-refractivity contribution < 1.29 is 30.3 Å². The van der Waals surface area contributed by atoms with Gasteiger partial charge in [-0.05, 0) is 25.0 Å². The molecular formula is C22H30O6. The summed E-state index contributed by atoms with van der Waals surface area (Å²) in [4.78, 5) is 0. The molecule has 6 heteroatoms. The molecule has 0 aromatic heterocycles. The summed E-state index contributed by atoms with van der Waals surface area (Å²) >= 11 is 0. The molecule has 0 radical (unpaired) electrons. The lowest BCUT2D eigenvalue weighted by Gasteiger charge is -2.45. The van der Waals surface area contributed by atoms with Gasteiger partial charge in [-0.3, -0.25) is 0 Å². The molecule has 0 saturated carbocycles. The highest BCUT2D eigenvalue weighted by molar-refractivity contribution is 5.18. The van der Waals surface area contributed by atoms with Crippen LogP contribution in [-0.2, 0) is 17.8 Å². The third-order valence-corrected chi connectivity index (χ3v) is 5.36. The second kappa shape index (κ2) is 9.60. The first-order valence-electron chi connectivity index (χ1n) is 9.31. The van der Waals surface area contributed by atoms with Gasteiger partial charge in [0.2, 0.25) is 0 Å². The van der Waals surface area contributed by atoms with Crippen molar-refractivity contribution in [2.24, 2.45) is 0 Å². The van der Waals surface area contributed by atoms with E-state index in [0.29, 0.717) is 0 Å². The minimum Gasteiger partial charge on any atom is -0.394 e. The van der Waals surface area contributed by atoms with Gasteiger partial charge in [0.1, 0.15) is 23.4 Å². The fraction of sp³-hybridized carbons (Fsp3) is 0.455. The molecule has 28 heavy (non-hydrogen) atoms. The predicted molar refractivity (Wildman–Crippen MR) is 106 cm³/mol. The van der Waals surface area contributed by atoms with Crippen molar-refractivity contribution in [2.45, 2.75) is 56.4 Å². The molecule has 0 bridgehead atoms. The summed E-state index contributed by atoms with van der Waals surface area (Å²) in [6.45, 7) is 1.84. The maximum absolute atomic E-state index is 10.9. The average molecular weight is 390 g/mol. The lowest BCUT2D eigenvalue weighted by molar-refractivity contribution is -0.248. The van der Waals surface area contributed by atoms with Crippen LogP contribution < -0.4 is 0 Å². The number of benzene rings is 2. The van der Waals surface area contributed by atoms with Gasteiger partial charge in [-0.1, -0.05) is 60.7 Å². The fourth-order valence-electron chi connectivity index (χ4n) is 3.06. The Labute approximate surface area is 165 Å². The molecule has 0 aliphatic carbocycles. The number of rotatable bonds is 10. The summed E-state index contributed by atoms with van der Waals surface area (Å²) in [6.07, 6.45) is -3.75. The van der Waals surface area contributed by atoms with E-state index in [1.165, 1.54) is 13.8 Å². The van der Waals surface area contributed by atoms with Crippen molar-refractivity contribution in [1.82, 2.24) is 0 Å². The van der Waals surface area contributed by atoms with Crippen molar-refractivity contribution in [3.8, 4) is 0 Å². The zero-order valence-electron chi connectivity index (χ0n) is 16.3. The first kappa shape index (κ1) is 22.5. The van der Waals surface area contributed by atoms with Crippen LogP contribution in [0.2, 0.25) is 0 Å². The molecule has 0 fully saturated rings. The van der Waals surface area contributed by atoms with E-state index in [4.69, 9.17) is 4.74 Å². The highest BCUT2D eigenvalue weighted by Gasteiger charge is 2.53. The molecule has 2 aromatic rings. The summed E-state index contributed by atoms with van der Waals surface area (Å²) in [6, 6.07) is 18.8. The Hall–Kier alpha value is -1.80. The molecule has 5 N–H and O–H groups in total. The van der Waals surface area contributed by atoms with Crippen LogP contribution in [0, 0.1) is 0 Å². The van der Waals surface area contributed by atoms with Crippen LogP contribution in [0.1, 0.15) is 25.0 Å². The zero-order valence-corrected chi connectivity index (χ0v) is 16.3. The van der Waals surface area contributed by atoms with Crippen molar-refractivity contribution in [3.05, 3.63) is 71.8 Å². The molecule has 0 amide bonds. The number of aliphatic hydroxyl groups excluding tert-OH is 3. The van der Waals surface area contributed by atoms with Gasteiger partial charge in [0, 0.05) is 6.42 Å². The third-order valence-electron chi connectivity index (χ3n) is 5.36. The van der Waals surface area contributed by atoms with Gasteiger partial charge in [0.15, 0.2) is 0 Å². The van der Waals surface area contributed by atoms with E-state index in [0.717, 1.165) is 11.1 Å². The Morgan fingerprint density at radius 3 is 1.82 bits per heavy atom. The zero-order chi connectivity index (χ0) is 20.8. The van der Waals surface area contributed by atoms with Crippen LogP contribution in [0.5, 0.6) is 0 Å². The Bertz CT molecular complexity index is 701. The maximum Gasteiger partial charge on any atom is 0.121 e. The van der Waals surface area contributed by atoms with Crippen LogP contribution >= 0.6 is 0 Å². The number of hydrogen-bond acceptors (Lipinski definition) is 6. The van der Waals surface area contributed by atoms with Gasteiger partial charge in [0.25, 0.3) is 0 Å². The molecule has 0 spiro atoms. The highest BCUT2D eigenvalue weighted by Crippen LogP contribution is 2.32. The van der Waals surface area contributed by atoms with E-state index < -0.39 is 36.1 Å². The van der Waals surface area contributed by atoms with Crippen LogP contribution in [0.25, 0.3) is 0 Å². The Morgan fingerprint density at radius 1 is 0.821 bits per heavy atom. The van der Waals surface area contributed by atoms with Crippen molar-refractivity contribution in [3.63, 3.8) is 0 Å². The smallest absolute Gasteiger partial charge is 0.121 e. The maximum atomic E-state index is 10.9. The average Bonchev–Trinajstić information content (AvgIpc) is 2.71. The molecule has 0 aliphatic rings. The molecule has 0 saturated heterocycles. The van der Waals surface area contributed by atoms with Crippen molar-refractivity contribution in [2.75, 3.05) is 6.61 Å². The minimum absolute atomic E-state index is 0.205. The predicted octanol–water partition coefficient (Wildman–Crippen LogP) is 1.03. The number of aliphatic hydroxyl groups is 5. The van der Waals surface area contributed by atoms with Gasteiger partial charge in [-0.2, -0.15) is 0 Å². The van der Waals surface area contributed by atoms with Crippen LogP contribution in [0.3, 0.4) is 0 Å². The largest absolute Gasteiger partial charge is 0.394 e. The summed E-state index contributed by atoms with van der Waals surface area (Å²) in [5.41, 5.74) is -2.52. The second-order valence-corrected chi connectivity index (χ2v) is 7.46. The van der Waals surface area contributed by atoms with Crippen LogP contribution in [0.4, 0.5) is 0 Å². The molecule has 5 unspecified atom stereocenters. The van der Waals surface area contributed by atoms with Crippen LogP contribution in [-0.4, -0.2) is 61.7 Å². The van der Waals surface area contributed by atoms with E-state index in [2.05, 4.69) is 0 Å². The quantitative estimate of drug-likeness (QED) is 0.415. The molecule has 5 atom stereocenters. The lowest BCUT2D eigenvalue weighted by atomic mass is 9.75. The summed E-state index contributed by atoms with van der Waals surface area (Å²) < 4.78 is 5.92. The van der Waals surface area contributed by atoms with Crippen molar-refractivity contribution in [1.29, 1.82) is 0 Å². The SMILES string of the molecule is CC(O)(C(O)CO)C(C)(O)C(O)C(Cc1ccccc1)OCc1ccccc1. The van der Waals surface area contributed by atoms with E-state index in [-0.39, 0.29) is 13.0 Å². The molecule has 2 aromatic carbocycles. The first-order chi connectivity index (χ1) is 13.2. The van der Waals surface area contributed by atoms with E-state index >= 15 is 0 Å². The number of hydrogen-bond donors (Lipinski definition) is 5. The number of ether oxygens (including phenoxy) is 1. The summed E-state index contributed by atoms with van der Waals surface area (Å²) in [5.74, 6) is 0. The standard InChI is InChI=1S/C22H30O6/c1-21(26,19(24)14-23)22(2,27)20(25)18(13-16-9-5-3-6-10-16)28-15-17-11-7-4-8-12-17/h3-12,18-20,23-27H,13-15H2,1-2H3. The van der Waals surface area contributed by atoms with Crippen molar-refractivity contribution >= 4 is 0 Å². The lowest BCUT2D eigenvalue weighted by Crippen LogP contribution is -2.66. The molecule has 6 nitrogen and oxygen atoms in total. The van der Waals surface area contributed by atoms with Gasteiger partial charge < -0.3 is 30.3 Å². The first-order valence-corrected chi connectivity index (χ1v) is 9.31.